The summed E-state index contributed by atoms with van der Waals surface area (Å²) in [6.45, 7) is 0.485. The molecule has 0 radical (unpaired) electrons. The number of fused-ring (bicyclic) bond motifs is 1. The molecule has 2 aliphatic heterocycles. The Morgan fingerprint density at radius 3 is 2.51 bits per heavy atom. The van der Waals surface area contributed by atoms with Gasteiger partial charge in [0.1, 0.15) is 12.1 Å². The van der Waals surface area contributed by atoms with Crippen LogP contribution in [0.4, 0.5) is 10.5 Å². The second kappa shape index (κ2) is 10.8. The lowest BCUT2D eigenvalue weighted by Crippen LogP contribution is -2.53. The molecule has 184 valence electrons. The van der Waals surface area contributed by atoms with Crippen molar-refractivity contribution in [1.29, 1.82) is 0 Å². The molecule has 0 aromatic heterocycles. The van der Waals surface area contributed by atoms with Gasteiger partial charge in [0.2, 0.25) is 5.91 Å². The van der Waals surface area contributed by atoms with Gasteiger partial charge in [-0.15, -0.1) is 11.8 Å². The molecule has 2 aliphatic rings. The fourth-order valence-electron chi connectivity index (χ4n) is 3.93. The van der Waals surface area contributed by atoms with Crippen molar-refractivity contribution < 1.29 is 23.9 Å². The van der Waals surface area contributed by atoms with E-state index in [1.807, 2.05) is 0 Å². The van der Waals surface area contributed by atoms with Crippen LogP contribution >= 0.6 is 35.0 Å². The lowest BCUT2D eigenvalue weighted by atomic mass is 10.0. The number of methoxy groups -OCH3 is 1. The molecule has 2 aromatic carbocycles. The number of thioether (sulfide) groups is 1. The van der Waals surface area contributed by atoms with Crippen LogP contribution in [0.3, 0.4) is 0 Å². The Morgan fingerprint density at radius 1 is 1.17 bits per heavy atom. The van der Waals surface area contributed by atoms with Crippen LogP contribution in [0.1, 0.15) is 15.9 Å². The van der Waals surface area contributed by atoms with Crippen LogP contribution in [0.25, 0.3) is 0 Å². The fraction of sp³-hybridized carbons (Fsp3) is 0.304. The van der Waals surface area contributed by atoms with Crippen molar-refractivity contribution >= 4 is 64.5 Å². The van der Waals surface area contributed by atoms with E-state index in [1.165, 1.54) is 23.8 Å². The Labute approximate surface area is 215 Å². The van der Waals surface area contributed by atoms with Crippen molar-refractivity contribution in [2.75, 3.05) is 24.7 Å². The van der Waals surface area contributed by atoms with Crippen LogP contribution in [0, 0.1) is 0 Å². The Morgan fingerprint density at radius 2 is 1.86 bits per heavy atom. The van der Waals surface area contributed by atoms with Gasteiger partial charge in [0, 0.05) is 24.4 Å². The van der Waals surface area contributed by atoms with Crippen molar-refractivity contribution in [3.05, 3.63) is 63.6 Å². The Balaban J connectivity index is 1.41. The van der Waals surface area contributed by atoms with Crippen molar-refractivity contribution in [1.82, 2.24) is 15.5 Å². The molecule has 35 heavy (non-hydrogen) atoms. The molecular weight excluding hydrogens is 515 g/mol. The second-order valence-electron chi connectivity index (χ2n) is 7.93. The number of esters is 1. The predicted molar refractivity (Wildman–Crippen MR) is 134 cm³/mol. The van der Waals surface area contributed by atoms with Gasteiger partial charge < -0.3 is 20.7 Å². The molecule has 0 saturated carbocycles. The highest BCUT2D eigenvalue weighted by atomic mass is 35.5. The van der Waals surface area contributed by atoms with E-state index < -0.39 is 29.9 Å². The van der Waals surface area contributed by atoms with Gasteiger partial charge in [-0.05, 0) is 29.8 Å². The summed E-state index contributed by atoms with van der Waals surface area (Å²) in [6.07, 6.45) is 0.165. The minimum atomic E-state index is -0.940. The molecule has 2 unspecified atom stereocenters. The number of urea groups is 1. The molecule has 2 heterocycles. The van der Waals surface area contributed by atoms with E-state index in [-0.39, 0.29) is 33.4 Å². The standard InChI is InChI=1S/C23H22Cl2N4O5S/c1-34-22(32)16(28-20(30)17-11-35-18-10-26-23(33)29(17)18)9-12-5-7-13(8-6-12)27-21(31)19-14(24)3-2-4-15(19)25/h2-8,16-18H,9-11H2,1H3,(H,26,33)(H,27,31)(H,28,30)/t16-,17?,18?/m0/s1. The zero-order chi connectivity index (χ0) is 25.1. The molecule has 2 fully saturated rings. The average Bonchev–Trinajstić information content (AvgIpc) is 3.42. The Bertz CT molecular complexity index is 1140. The fourth-order valence-corrected chi connectivity index (χ4v) is 5.82. The normalized spacial score (nSPS) is 19.5. The quantitative estimate of drug-likeness (QED) is 0.468. The van der Waals surface area contributed by atoms with Crippen LogP contribution in [0.15, 0.2) is 42.5 Å². The largest absolute Gasteiger partial charge is 0.467 e. The lowest BCUT2D eigenvalue weighted by Gasteiger charge is -2.24. The molecule has 0 aliphatic carbocycles. The smallest absolute Gasteiger partial charge is 0.328 e. The molecule has 2 aromatic rings. The van der Waals surface area contributed by atoms with E-state index in [2.05, 4.69) is 16.0 Å². The number of carbonyl (C=O) groups excluding carboxylic acids is 4. The van der Waals surface area contributed by atoms with Gasteiger partial charge in [-0.1, -0.05) is 41.4 Å². The first kappa shape index (κ1) is 25.2. The first-order chi connectivity index (χ1) is 16.8. The van der Waals surface area contributed by atoms with Gasteiger partial charge in [-0.2, -0.15) is 0 Å². The third-order valence-electron chi connectivity index (χ3n) is 5.70. The number of nitrogens with zero attached hydrogens (tertiary/aromatic N) is 1. The van der Waals surface area contributed by atoms with E-state index in [0.717, 1.165) is 5.56 Å². The molecule has 3 N–H and O–H groups in total. The summed E-state index contributed by atoms with van der Waals surface area (Å²) < 4.78 is 4.87. The maximum atomic E-state index is 12.9. The number of hydrogen-bond acceptors (Lipinski definition) is 6. The summed E-state index contributed by atoms with van der Waals surface area (Å²) in [5.41, 5.74) is 1.40. The number of benzene rings is 2. The minimum absolute atomic E-state index is 0.0850. The number of hydrogen-bond donors (Lipinski definition) is 3. The molecular formula is C23H22Cl2N4O5S. The topological polar surface area (TPSA) is 117 Å². The maximum Gasteiger partial charge on any atom is 0.328 e. The van der Waals surface area contributed by atoms with Crippen molar-refractivity contribution in [3.63, 3.8) is 0 Å². The summed E-state index contributed by atoms with van der Waals surface area (Å²) in [5, 5.41) is 8.57. The zero-order valence-electron chi connectivity index (χ0n) is 18.5. The first-order valence-electron chi connectivity index (χ1n) is 10.7. The van der Waals surface area contributed by atoms with Crippen LogP contribution in [-0.2, 0) is 20.7 Å². The van der Waals surface area contributed by atoms with Crippen LogP contribution in [0.5, 0.6) is 0 Å². The van der Waals surface area contributed by atoms with Gasteiger partial charge in [0.25, 0.3) is 5.91 Å². The molecule has 4 amide bonds. The van der Waals surface area contributed by atoms with Crippen molar-refractivity contribution in [3.8, 4) is 0 Å². The number of halogens is 2. The third kappa shape index (κ3) is 5.50. The highest BCUT2D eigenvalue weighted by Gasteiger charge is 2.46. The van der Waals surface area contributed by atoms with E-state index in [9.17, 15) is 19.2 Å². The summed E-state index contributed by atoms with van der Waals surface area (Å²) in [5.74, 6) is -1.00. The molecule has 0 bridgehead atoms. The van der Waals surface area contributed by atoms with Gasteiger partial charge in [-0.3, -0.25) is 14.5 Å². The second-order valence-corrected chi connectivity index (χ2v) is 9.96. The monoisotopic (exact) mass is 536 g/mol. The molecule has 0 spiro atoms. The SMILES string of the molecule is COC(=O)[C@H](Cc1ccc(NC(=O)c2c(Cl)cccc2Cl)cc1)NC(=O)C1CSC2CNC(=O)N21. The molecule has 2 saturated heterocycles. The number of rotatable bonds is 7. The average molecular weight is 537 g/mol. The lowest BCUT2D eigenvalue weighted by molar-refractivity contribution is -0.145. The van der Waals surface area contributed by atoms with Crippen molar-refractivity contribution in [2.24, 2.45) is 0 Å². The summed E-state index contributed by atoms with van der Waals surface area (Å²) in [6, 6.07) is 9.70. The van der Waals surface area contributed by atoms with Gasteiger partial charge in [0.05, 0.1) is 28.1 Å². The molecule has 9 nitrogen and oxygen atoms in total. The predicted octanol–water partition coefficient (Wildman–Crippen LogP) is 2.91. The maximum absolute atomic E-state index is 12.9. The third-order valence-corrected chi connectivity index (χ3v) is 7.62. The highest BCUT2D eigenvalue weighted by molar-refractivity contribution is 8.00. The number of carbonyl (C=O) groups is 4. The summed E-state index contributed by atoms with van der Waals surface area (Å²) >= 11 is 13.7. The van der Waals surface area contributed by atoms with Crippen LogP contribution in [0.2, 0.25) is 10.0 Å². The van der Waals surface area contributed by atoms with Crippen LogP contribution < -0.4 is 16.0 Å². The van der Waals surface area contributed by atoms with Gasteiger partial charge in [0.15, 0.2) is 0 Å². The number of amides is 4. The van der Waals surface area contributed by atoms with E-state index in [4.69, 9.17) is 27.9 Å². The highest BCUT2D eigenvalue weighted by Crippen LogP contribution is 2.32. The minimum Gasteiger partial charge on any atom is -0.467 e. The molecule has 12 heteroatoms. The summed E-state index contributed by atoms with van der Waals surface area (Å²) in [7, 11) is 1.25. The van der Waals surface area contributed by atoms with Crippen molar-refractivity contribution in [2.45, 2.75) is 23.9 Å². The zero-order valence-corrected chi connectivity index (χ0v) is 20.9. The number of ether oxygens (including phenoxy) is 1. The van der Waals surface area contributed by atoms with Gasteiger partial charge in [-0.25, -0.2) is 9.59 Å². The van der Waals surface area contributed by atoms with E-state index in [0.29, 0.717) is 18.0 Å². The number of nitrogens with one attached hydrogen (secondary N) is 3. The molecule has 3 atom stereocenters. The molecule has 4 rings (SSSR count). The van der Waals surface area contributed by atoms with E-state index >= 15 is 0 Å². The van der Waals surface area contributed by atoms with Gasteiger partial charge >= 0.3 is 12.0 Å². The Kier molecular flexibility index (Phi) is 7.73. The Hall–Kier alpha value is -2.95. The first-order valence-corrected chi connectivity index (χ1v) is 12.5. The van der Waals surface area contributed by atoms with E-state index in [1.54, 1.807) is 42.5 Å². The summed E-state index contributed by atoms with van der Waals surface area (Å²) in [4.78, 5) is 51.4. The van der Waals surface area contributed by atoms with Crippen LogP contribution in [-0.4, -0.2) is 65.6 Å². The number of anilines is 1.